The summed E-state index contributed by atoms with van der Waals surface area (Å²) in [6.07, 6.45) is -2.48. The summed E-state index contributed by atoms with van der Waals surface area (Å²) in [5.41, 5.74) is 2.09. The molecule has 1 heterocycles. The number of ketones is 1. The number of hydrogen-bond donors (Lipinski definition) is 3. The van der Waals surface area contributed by atoms with Gasteiger partial charge >= 0.3 is 0 Å². The highest BCUT2D eigenvalue weighted by molar-refractivity contribution is 14.1. The Bertz CT molecular complexity index is 1100. The zero-order valence-corrected chi connectivity index (χ0v) is 18.1. The van der Waals surface area contributed by atoms with Gasteiger partial charge in [0.25, 0.3) is 0 Å². The maximum Gasteiger partial charge on any atom is 0.197 e. The molecule has 3 aromatic rings. The summed E-state index contributed by atoms with van der Waals surface area (Å²) < 4.78 is 12.7. The van der Waals surface area contributed by atoms with Crippen molar-refractivity contribution in [3.05, 3.63) is 62.4 Å². The minimum absolute atomic E-state index is 0.0865. The third-order valence-corrected chi connectivity index (χ3v) is 6.08. The third-order valence-electron chi connectivity index (χ3n) is 5.41. The van der Waals surface area contributed by atoms with Gasteiger partial charge in [-0.2, -0.15) is 0 Å². The number of carbonyl (C=O) groups excluding carboxylic acids is 1. The molecule has 0 saturated heterocycles. The zero-order valence-electron chi connectivity index (χ0n) is 16.0. The predicted octanol–water partition coefficient (Wildman–Crippen LogP) is 3.00. The molecule has 0 bridgehead atoms. The van der Waals surface area contributed by atoms with Gasteiger partial charge in [0, 0.05) is 19.9 Å². The van der Waals surface area contributed by atoms with Crippen molar-refractivity contribution >= 4 is 39.3 Å². The van der Waals surface area contributed by atoms with Crippen molar-refractivity contribution in [3.8, 4) is 5.75 Å². The normalized spacial score (nSPS) is 17.0. The summed E-state index contributed by atoms with van der Waals surface area (Å²) in [6, 6.07) is 11.0. The molecule has 2 aromatic carbocycles. The molecule has 3 N–H and O–H groups in total. The predicted molar refractivity (Wildman–Crippen MR) is 116 cm³/mol. The van der Waals surface area contributed by atoms with Gasteiger partial charge in [0.1, 0.15) is 35.9 Å². The molecular weight excluding hydrogens is 487 g/mol. The average Bonchev–Trinajstić information content (AvgIpc) is 3.09. The summed E-state index contributed by atoms with van der Waals surface area (Å²) in [4.78, 5) is 13.3. The highest BCUT2D eigenvalue weighted by Gasteiger charge is 2.41. The van der Waals surface area contributed by atoms with Crippen molar-refractivity contribution < 1.29 is 29.3 Å². The molecule has 0 fully saturated rings. The molecule has 7 heteroatoms. The first-order valence-electron chi connectivity index (χ1n) is 9.25. The van der Waals surface area contributed by atoms with Crippen molar-refractivity contribution in [2.75, 3.05) is 13.2 Å². The quantitative estimate of drug-likeness (QED) is 0.459. The Morgan fingerprint density at radius 3 is 2.62 bits per heavy atom. The molecule has 1 aliphatic rings. The van der Waals surface area contributed by atoms with Gasteiger partial charge in [-0.25, -0.2) is 0 Å². The van der Waals surface area contributed by atoms with Gasteiger partial charge in [0.2, 0.25) is 0 Å². The van der Waals surface area contributed by atoms with E-state index in [0.29, 0.717) is 28.2 Å². The molecule has 0 amide bonds. The van der Waals surface area contributed by atoms with E-state index in [1.165, 1.54) is 0 Å². The molecule has 4 rings (SSSR count). The summed E-state index contributed by atoms with van der Waals surface area (Å²) in [7, 11) is 0. The van der Waals surface area contributed by atoms with Gasteiger partial charge in [-0.3, -0.25) is 4.79 Å². The van der Waals surface area contributed by atoms with E-state index in [-0.39, 0.29) is 12.4 Å². The van der Waals surface area contributed by atoms with Gasteiger partial charge < -0.3 is 24.5 Å². The number of halogens is 1. The Labute approximate surface area is 181 Å². The van der Waals surface area contributed by atoms with Crippen LogP contribution < -0.4 is 4.74 Å². The molecule has 29 heavy (non-hydrogen) atoms. The summed E-state index contributed by atoms with van der Waals surface area (Å²) in [6.45, 7) is 3.27. The lowest BCUT2D eigenvalue weighted by molar-refractivity contribution is -0.0339. The van der Waals surface area contributed by atoms with Crippen LogP contribution in [0.15, 0.2) is 40.8 Å². The summed E-state index contributed by atoms with van der Waals surface area (Å²) in [5, 5.41) is 29.0. The van der Waals surface area contributed by atoms with Gasteiger partial charge in [-0.05, 0) is 78.4 Å². The molecule has 1 aromatic heterocycles. The molecule has 152 valence electrons. The number of aliphatic hydroxyl groups is 3. The third kappa shape index (κ3) is 3.35. The molecule has 2 atom stereocenters. The van der Waals surface area contributed by atoms with E-state index in [1.54, 1.807) is 18.2 Å². The molecule has 0 aliphatic heterocycles. The zero-order chi connectivity index (χ0) is 20.9. The second kappa shape index (κ2) is 7.39. The van der Waals surface area contributed by atoms with Crippen LogP contribution in [0.2, 0.25) is 0 Å². The van der Waals surface area contributed by atoms with E-state index < -0.39 is 24.2 Å². The van der Waals surface area contributed by atoms with Crippen LogP contribution in [0.4, 0.5) is 0 Å². The molecular formula is C22H21IO6. The standard InChI is InChI=1S/C22H21IO6/c1-22(2)15-8-12(28-10-17(26)16(25)9-24)4-6-13(15)20(27)19-14-5-3-11(23)7-18(14)29-21(19)22/h3-8,16-17,24-26H,9-10H2,1-2H3/t16-,17?/m1/s1. The van der Waals surface area contributed by atoms with E-state index >= 15 is 0 Å². The second-order valence-corrected chi connectivity index (χ2v) is 8.98. The van der Waals surface area contributed by atoms with E-state index in [4.69, 9.17) is 14.3 Å². The van der Waals surface area contributed by atoms with Crippen molar-refractivity contribution in [1.29, 1.82) is 0 Å². The topological polar surface area (TPSA) is 100 Å². The van der Waals surface area contributed by atoms with Crippen LogP contribution in [0.5, 0.6) is 5.75 Å². The van der Waals surface area contributed by atoms with E-state index in [2.05, 4.69) is 22.6 Å². The van der Waals surface area contributed by atoms with E-state index in [9.17, 15) is 15.0 Å². The van der Waals surface area contributed by atoms with Crippen LogP contribution in [0.1, 0.15) is 41.1 Å². The molecule has 1 unspecified atom stereocenters. The van der Waals surface area contributed by atoms with Crippen LogP contribution in [0.3, 0.4) is 0 Å². The summed E-state index contributed by atoms with van der Waals surface area (Å²) >= 11 is 2.21. The first kappa shape index (κ1) is 20.3. The lowest BCUT2D eigenvalue weighted by Gasteiger charge is -2.31. The van der Waals surface area contributed by atoms with Gasteiger partial charge in [-0.1, -0.05) is 0 Å². The van der Waals surface area contributed by atoms with Crippen LogP contribution in [0, 0.1) is 3.57 Å². The van der Waals surface area contributed by atoms with Gasteiger partial charge in [0.15, 0.2) is 5.78 Å². The Hall–Kier alpha value is -1.94. The van der Waals surface area contributed by atoms with Crippen molar-refractivity contribution in [1.82, 2.24) is 0 Å². The lowest BCUT2D eigenvalue weighted by Crippen LogP contribution is -2.34. The van der Waals surface area contributed by atoms with Crippen molar-refractivity contribution in [3.63, 3.8) is 0 Å². The molecule has 0 spiro atoms. The van der Waals surface area contributed by atoms with Crippen LogP contribution in [-0.4, -0.2) is 46.5 Å². The first-order valence-corrected chi connectivity index (χ1v) is 10.3. The number of hydrogen-bond acceptors (Lipinski definition) is 6. The van der Waals surface area contributed by atoms with Gasteiger partial charge in [0.05, 0.1) is 12.2 Å². The highest BCUT2D eigenvalue weighted by atomic mass is 127. The average molecular weight is 508 g/mol. The fraction of sp³-hybridized carbons (Fsp3) is 0.318. The lowest BCUT2D eigenvalue weighted by atomic mass is 9.72. The molecule has 0 radical (unpaired) electrons. The Morgan fingerprint density at radius 1 is 1.14 bits per heavy atom. The van der Waals surface area contributed by atoms with E-state index in [0.717, 1.165) is 14.5 Å². The number of aliphatic hydroxyl groups excluding tert-OH is 3. The monoisotopic (exact) mass is 508 g/mol. The van der Waals surface area contributed by atoms with E-state index in [1.807, 2.05) is 32.0 Å². The number of benzene rings is 2. The first-order chi connectivity index (χ1) is 13.7. The second-order valence-electron chi connectivity index (χ2n) is 7.74. The SMILES string of the molecule is CC1(C)c2cc(OCC(O)[C@H](O)CO)ccc2C(=O)c2c1oc1cc(I)ccc21. The number of carbonyl (C=O) groups is 1. The Kier molecular flexibility index (Phi) is 5.18. The largest absolute Gasteiger partial charge is 0.491 e. The molecule has 6 nitrogen and oxygen atoms in total. The Balaban J connectivity index is 1.74. The van der Waals surface area contributed by atoms with Crippen molar-refractivity contribution in [2.45, 2.75) is 31.5 Å². The minimum Gasteiger partial charge on any atom is -0.491 e. The Morgan fingerprint density at radius 2 is 1.90 bits per heavy atom. The fourth-order valence-electron chi connectivity index (χ4n) is 3.74. The number of fused-ring (bicyclic) bond motifs is 4. The molecule has 0 saturated carbocycles. The maximum absolute atomic E-state index is 13.3. The maximum atomic E-state index is 13.3. The summed E-state index contributed by atoms with van der Waals surface area (Å²) in [5.74, 6) is 0.999. The van der Waals surface area contributed by atoms with Crippen molar-refractivity contribution in [2.24, 2.45) is 0 Å². The minimum atomic E-state index is -1.27. The van der Waals surface area contributed by atoms with Crippen LogP contribution in [0.25, 0.3) is 11.0 Å². The number of rotatable bonds is 5. The van der Waals surface area contributed by atoms with Crippen LogP contribution >= 0.6 is 22.6 Å². The number of furan rings is 1. The number of ether oxygens (including phenoxy) is 1. The smallest absolute Gasteiger partial charge is 0.197 e. The van der Waals surface area contributed by atoms with Gasteiger partial charge in [-0.15, -0.1) is 0 Å². The highest BCUT2D eigenvalue weighted by Crippen LogP contribution is 2.46. The fourth-order valence-corrected chi connectivity index (χ4v) is 4.20. The molecule has 1 aliphatic carbocycles. The van der Waals surface area contributed by atoms with Crippen LogP contribution in [-0.2, 0) is 5.41 Å².